The summed E-state index contributed by atoms with van der Waals surface area (Å²) in [6.45, 7) is 6.00. The second-order valence-electron chi connectivity index (χ2n) is 6.03. The summed E-state index contributed by atoms with van der Waals surface area (Å²) < 4.78 is 21.3. The van der Waals surface area contributed by atoms with E-state index in [4.69, 9.17) is 18.9 Å². The molecule has 0 aliphatic carbocycles. The van der Waals surface area contributed by atoms with Gasteiger partial charge in [-0.05, 0) is 30.7 Å². The van der Waals surface area contributed by atoms with Crippen molar-refractivity contribution >= 4 is 12.0 Å². The van der Waals surface area contributed by atoms with Crippen LogP contribution >= 0.6 is 0 Å². The van der Waals surface area contributed by atoms with E-state index in [1.807, 2.05) is 0 Å². The minimum Gasteiger partial charge on any atom is -0.493 e. The summed E-state index contributed by atoms with van der Waals surface area (Å²) >= 11 is 0. The summed E-state index contributed by atoms with van der Waals surface area (Å²) in [7, 11) is 4.67. The van der Waals surface area contributed by atoms with Crippen LogP contribution in [0.15, 0.2) is 18.2 Å². The van der Waals surface area contributed by atoms with Crippen LogP contribution in [0.1, 0.15) is 12.5 Å². The quantitative estimate of drug-likeness (QED) is 0.706. The highest BCUT2D eigenvalue weighted by molar-refractivity contribution is 5.91. The molecule has 1 N–H and O–H groups in total. The Morgan fingerprint density at radius 2 is 1.81 bits per heavy atom. The molecule has 0 bridgehead atoms. The van der Waals surface area contributed by atoms with E-state index in [1.165, 1.54) is 6.08 Å². The zero-order chi connectivity index (χ0) is 18.9. The van der Waals surface area contributed by atoms with Crippen LogP contribution < -0.4 is 19.5 Å². The summed E-state index contributed by atoms with van der Waals surface area (Å²) in [6, 6.07) is 3.86. The molecule has 0 unspecified atom stereocenters. The van der Waals surface area contributed by atoms with Gasteiger partial charge in [-0.1, -0.05) is 0 Å². The van der Waals surface area contributed by atoms with Crippen molar-refractivity contribution in [2.24, 2.45) is 0 Å². The van der Waals surface area contributed by atoms with Gasteiger partial charge in [-0.3, -0.25) is 9.69 Å². The number of rotatable bonds is 8. The molecule has 0 aromatic heterocycles. The molecule has 1 amide bonds. The molecule has 1 atom stereocenters. The number of hydrogen-bond acceptors (Lipinski definition) is 6. The predicted octanol–water partition coefficient (Wildman–Crippen LogP) is 1.56. The second kappa shape index (κ2) is 10.0. The normalized spacial score (nSPS) is 16.3. The third-order valence-electron chi connectivity index (χ3n) is 4.35. The van der Waals surface area contributed by atoms with E-state index in [1.54, 1.807) is 39.5 Å². The third-order valence-corrected chi connectivity index (χ3v) is 4.35. The van der Waals surface area contributed by atoms with Gasteiger partial charge in [0.1, 0.15) is 0 Å². The van der Waals surface area contributed by atoms with Gasteiger partial charge in [-0.2, -0.15) is 0 Å². The molecule has 1 saturated heterocycles. The molecule has 0 spiro atoms. The minimum atomic E-state index is -0.140. The van der Waals surface area contributed by atoms with Crippen LogP contribution in [0.25, 0.3) is 6.08 Å². The van der Waals surface area contributed by atoms with Crippen molar-refractivity contribution in [2.45, 2.75) is 13.0 Å². The van der Waals surface area contributed by atoms with Crippen molar-refractivity contribution in [3.05, 3.63) is 23.8 Å². The Kier molecular flexibility index (Phi) is 7.74. The SMILES string of the molecule is COc1cc(/C=C/C(=O)NC[C@@H](C)N2CCOCC2)cc(OC)c1OC. The number of morpholine rings is 1. The lowest BCUT2D eigenvalue weighted by Gasteiger charge is -2.32. The molecule has 0 saturated carbocycles. The smallest absolute Gasteiger partial charge is 0.244 e. The Morgan fingerprint density at radius 1 is 1.19 bits per heavy atom. The van der Waals surface area contributed by atoms with Crippen LogP contribution in [0.4, 0.5) is 0 Å². The topological polar surface area (TPSA) is 69.3 Å². The molecule has 1 aromatic rings. The Labute approximate surface area is 154 Å². The van der Waals surface area contributed by atoms with Gasteiger partial charge in [0.2, 0.25) is 11.7 Å². The maximum atomic E-state index is 12.1. The van der Waals surface area contributed by atoms with Crippen molar-refractivity contribution in [1.82, 2.24) is 10.2 Å². The Bertz CT molecular complexity index is 601. The highest BCUT2D eigenvalue weighted by Gasteiger charge is 2.17. The third kappa shape index (κ3) is 5.37. The van der Waals surface area contributed by atoms with Crippen LogP contribution in [0.5, 0.6) is 17.2 Å². The average Bonchev–Trinajstić information content (AvgIpc) is 2.69. The average molecular weight is 364 g/mol. The predicted molar refractivity (Wildman–Crippen MR) is 100.0 cm³/mol. The van der Waals surface area contributed by atoms with Crippen molar-refractivity contribution in [2.75, 3.05) is 54.2 Å². The number of carbonyl (C=O) groups excluding carboxylic acids is 1. The van der Waals surface area contributed by atoms with Gasteiger partial charge in [-0.15, -0.1) is 0 Å². The number of nitrogens with one attached hydrogen (secondary N) is 1. The van der Waals surface area contributed by atoms with Gasteiger partial charge >= 0.3 is 0 Å². The van der Waals surface area contributed by atoms with E-state index < -0.39 is 0 Å². The number of benzene rings is 1. The first-order valence-electron chi connectivity index (χ1n) is 8.66. The fourth-order valence-electron chi connectivity index (χ4n) is 2.82. The Morgan fingerprint density at radius 3 is 2.35 bits per heavy atom. The molecule has 1 fully saturated rings. The lowest BCUT2D eigenvalue weighted by Crippen LogP contribution is -2.47. The second-order valence-corrected chi connectivity index (χ2v) is 6.03. The summed E-state index contributed by atoms with van der Waals surface area (Å²) in [4.78, 5) is 14.4. The van der Waals surface area contributed by atoms with Crippen molar-refractivity contribution in [1.29, 1.82) is 0 Å². The fourth-order valence-corrected chi connectivity index (χ4v) is 2.82. The molecule has 1 heterocycles. The summed E-state index contributed by atoms with van der Waals surface area (Å²) in [5.74, 6) is 1.48. The van der Waals surface area contributed by atoms with E-state index in [0.717, 1.165) is 31.9 Å². The van der Waals surface area contributed by atoms with E-state index in [9.17, 15) is 4.79 Å². The first-order valence-corrected chi connectivity index (χ1v) is 8.66. The maximum absolute atomic E-state index is 12.1. The molecule has 0 radical (unpaired) electrons. The van der Waals surface area contributed by atoms with Crippen molar-refractivity contribution in [3.63, 3.8) is 0 Å². The first-order chi connectivity index (χ1) is 12.6. The highest BCUT2D eigenvalue weighted by atomic mass is 16.5. The van der Waals surface area contributed by atoms with E-state index in [2.05, 4.69) is 17.1 Å². The molecule has 1 aliphatic heterocycles. The zero-order valence-corrected chi connectivity index (χ0v) is 15.9. The van der Waals surface area contributed by atoms with Crippen LogP contribution in [0.2, 0.25) is 0 Å². The van der Waals surface area contributed by atoms with Gasteiger partial charge in [0.25, 0.3) is 0 Å². The maximum Gasteiger partial charge on any atom is 0.244 e. The Hall–Kier alpha value is -2.25. The van der Waals surface area contributed by atoms with Gasteiger partial charge < -0.3 is 24.3 Å². The minimum absolute atomic E-state index is 0.140. The molecule has 7 heteroatoms. The molecular weight excluding hydrogens is 336 g/mol. The van der Waals surface area contributed by atoms with E-state index >= 15 is 0 Å². The molecule has 144 valence electrons. The fraction of sp³-hybridized carbons (Fsp3) is 0.526. The number of nitrogens with zero attached hydrogens (tertiary/aromatic N) is 1. The summed E-state index contributed by atoms with van der Waals surface area (Å²) in [6.07, 6.45) is 3.23. The molecule has 1 aromatic carbocycles. The van der Waals surface area contributed by atoms with Crippen LogP contribution in [0, 0.1) is 0 Å². The van der Waals surface area contributed by atoms with Gasteiger partial charge in [0.15, 0.2) is 11.5 Å². The first kappa shape index (κ1) is 20.1. The van der Waals surface area contributed by atoms with Gasteiger partial charge in [0.05, 0.1) is 34.5 Å². The largest absolute Gasteiger partial charge is 0.493 e. The molecular formula is C19H28N2O5. The number of carbonyl (C=O) groups is 1. The van der Waals surface area contributed by atoms with Crippen LogP contribution in [0.3, 0.4) is 0 Å². The molecule has 7 nitrogen and oxygen atoms in total. The van der Waals surface area contributed by atoms with Gasteiger partial charge in [-0.25, -0.2) is 0 Å². The van der Waals surface area contributed by atoms with E-state index in [-0.39, 0.29) is 11.9 Å². The lowest BCUT2D eigenvalue weighted by molar-refractivity contribution is -0.116. The lowest BCUT2D eigenvalue weighted by atomic mass is 10.1. The number of hydrogen-bond donors (Lipinski definition) is 1. The Balaban J connectivity index is 1.94. The molecule has 2 rings (SSSR count). The summed E-state index contributed by atoms with van der Waals surface area (Å²) in [5, 5.41) is 2.93. The molecule has 1 aliphatic rings. The molecule has 26 heavy (non-hydrogen) atoms. The van der Waals surface area contributed by atoms with Crippen LogP contribution in [-0.2, 0) is 9.53 Å². The van der Waals surface area contributed by atoms with E-state index in [0.29, 0.717) is 23.8 Å². The number of methoxy groups -OCH3 is 3. The number of ether oxygens (including phenoxy) is 4. The van der Waals surface area contributed by atoms with Crippen molar-refractivity contribution < 1.29 is 23.7 Å². The highest BCUT2D eigenvalue weighted by Crippen LogP contribution is 2.38. The zero-order valence-electron chi connectivity index (χ0n) is 15.9. The van der Waals surface area contributed by atoms with Gasteiger partial charge in [0, 0.05) is 31.8 Å². The van der Waals surface area contributed by atoms with Crippen LogP contribution in [-0.4, -0.2) is 71.0 Å². The monoisotopic (exact) mass is 364 g/mol. The summed E-state index contributed by atoms with van der Waals surface area (Å²) in [5.41, 5.74) is 0.788. The standard InChI is InChI=1S/C19H28N2O5/c1-14(21-7-9-26-10-8-21)13-20-18(22)6-5-15-11-16(23-2)19(25-4)17(12-15)24-3/h5-6,11-12,14H,7-10,13H2,1-4H3,(H,20,22)/b6-5+/t14-/m1/s1. The van der Waals surface area contributed by atoms with Crippen molar-refractivity contribution in [3.8, 4) is 17.2 Å². The number of amides is 1.